The van der Waals surface area contributed by atoms with E-state index in [1.807, 2.05) is 18.2 Å². The maximum absolute atomic E-state index is 12.3. The first-order valence-corrected chi connectivity index (χ1v) is 13.1. The van der Waals surface area contributed by atoms with E-state index >= 15 is 0 Å². The molecule has 5 heteroatoms. The Bertz CT molecular complexity index is 904. The van der Waals surface area contributed by atoms with E-state index in [2.05, 4.69) is 33.8 Å². The molecule has 168 valence electrons. The summed E-state index contributed by atoms with van der Waals surface area (Å²) < 4.78 is 36.9. The van der Waals surface area contributed by atoms with Gasteiger partial charge in [0.2, 0.25) is 0 Å². The van der Waals surface area contributed by atoms with Crippen LogP contribution in [0.15, 0.2) is 35.2 Å². The molecule has 0 N–H and O–H groups in total. The second kappa shape index (κ2) is 14.5. The Morgan fingerprint density at radius 3 is 1.90 bits per heavy atom. The quantitative estimate of drug-likeness (QED) is 0.250. The van der Waals surface area contributed by atoms with Gasteiger partial charge in [-0.25, -0.2) is 8.42 Å². The molecule has 0 fully saturated rings. The Labute approximate surface area is 233 Å². The molecule has 0 radical (unpaired) electrons. The Kier molecular flexibility index (Phi) is 13.7. The van der Waals surface area contributed by atoms with Crippen LogP contribution in [0.4, 0.5) is 0 Å². The van der Waals surface area contributed by atoms with E-state index in [4.69, 9.17) is 0 Å². The number of aryl methyl sites for hydroxylation is 1. The van der Waals surface area contributed by atoms with E-state index in [1.165, 1.54) is 19.3 Å². The van der Waals surface area contributed by atoms with E-state index in [-0.39, 0.29) is 56.3 Å². The molecule has 0 aliphatic heterocycles. The van der Waals surface area contributed by atoms with Gasteiger partial charge in [-0.15, -0.1) is 0 Å². The number of unbranched alkanes of at least 4 members (excludes halogenated alkanes) is 4. The van der Waals surface area contributed by atoms with Crippen molar-refractivity contribution >= 4 is 20.9 Å². The zero-order chi connectivity index (χ0) is 22.1. The van der Waals surface area contributed by atoms with Crippen LogP contribution in [0.1, 0.15) is 90.2 Å². The molecule has 0 aromatic heterocycles. The third-order valence-electron chi connectivity index (χ3n) is 5.88. The first-order chi connectivity index (χ1) is 14.2. The van der Waals surface area contributed by atoms with Crippen molar-refractivity contribution in [3.05, 3.63) is 41.5 Å². The van der Waals surface area contributed by atoms with Crippen LogP contribution in [0.5, 0.6) is 0 Å². The molecule has 0 aliphatic carbocycles. The molecule has 0 amide bonds. The number of benzene rings is 2. The normalized spacial score (nSPS) is 12.0. The molecule has 0 aliphatic rings. The van der Waals surface area contributed by atoms with Crippen LogP contribution >= 0.6 is 0 Å². The van der Waals surface area contributed by atoms with Crippen LogP contribution in [0.25, 0.3) is 10.8 Å². The summed E-state index contributed by atoms with van der Waals surface area (Å²) >= 11 is 0. The van der Waals surface area contributed by atoms with Gasteiger partial charge >= 0.3 is 51.4 Å². The minimum Gasteiger partial charge on any atom is -0.744 e. The van der Waals surface area contributed by atoms with Crippen LogP contribution in [-0.4, -0.2) is 13.0 Å². The number of rotatable bonds is 13. The summed E-state index contributed by atoms with van der Waals surface area (Å²) in [4.78, 5) is 0.0293. The second-order valence-electron chi connectivity index (χ2n) is 9.50. The molecule has 0 atom stereocenters. The molecule has 3 nitrogen and oxygen atoms in total. The van der Waals surface area contributed by atoms with Crippen LogP contribution in [-0.2, 0) is 23.0 Å². The van der Waals surface area contributed by atoms with Gasteiger partial charge in [0.25, 0.3) is 0 Å². The second-order valence-corrected chi connectivity index (χ2v) is 10.8. The largest absolute Gasteiger partial charge is 1.00 e. The van der Waals surface area contributed by atoms with E-state index in [0.717, 1.165) is 55.0 Å². The van der Waals surface area contributed by atoms with Crippen molar-refractivity contribution in [2.75, 3.05) is 0 Å². The summed E-state index contributed by atoms with van der Waals surface area (Å²) in [5.74, 6) is 1.40. The van der Waals surface area contributed by atoms with Crippen molar-refractivity contribution in [3.63, 3.8) is 0 Å². The molecular weight excluding hydrogens is 431 g/mol. The molecular formula is C26H39KO3S. The van der Waals surface area contributed by atoms with E-state index in [9.17, 15) is 13.0 Å². The van der Waals surface area contributed by atoms with Crippen molar-refractivity contribution < 1.29 is 64.4 Å². The van der Waals surface area contributed by atoms with Gasteiger partial charge in [-0.05, 0) is 59.4 Å². The summed E-state index contributed by atoms with van der Waals surface area (Å²) in [5, 5.41) is 1.43. The Morgan fingerprint density at radius 1 is 0.806 bits per heavy atom. The SMILES string of the molecule is CC(C)CCCCCc1cc2ccccc2c(S(=O)(=O)[O-])c1CCCCCC(C)C.[K+]. The van der Waals surface area contributed by atoms with E-state index in [0.29, 0.717) is 23.6 Å². The first kappa shape index (κ1) is 29.3. The van der Waals surface area contributed by atoms with Gasteiger partial charge < -0.3 is 4.55 Å². The number of hydrogen-bond donors (Lipinski definition) is 0. The number of fused-ring (bicyclic) bond motifs is 1. The van der Waals surface area contributed by atoms with Gasteiger partial charge in [-0.1, -0.05) is 96.6 Å². The zero-order valence-electron chi connectivity index (χ0n) is 20.2. The molecule has 0 heterocycles. The summed E-state index contributed by atoms with van der Waals surface area (Å²) in [5.41, 5.74) is 1.83. The van der Waals surface area contributed by atoms with Crippen molar-refractivity contribution in [1.82, 2.24) is 0 Å². The Hall–Kier alpha value is 0.246. The van der Waals surface area contributed by atoms with Gasteiger partial charge in [0, 0.05) is 0 Å². The van der Waals surface area contributed by atoms with Crippen LogP contribution in [0.2, 0.25) is 0 Å². The molecule has 2 aromatic carbocycles. The molecule has 0 bridgehead atoms. The van der Waals surface area contributed by atoms with E-state index in [1.54, 1.807) is 6.07 Å². The van der Waals surface area contributed by atoms with E-state index < -0.39 is 10.1 Å². The van der Waals surface area contributed by atoms with Crippen molar-refractivity contribution in [3.8, 4) is 0 Å². The summed E-state index contributed by atoms with van der Waals surface area (Å²) in [6.07, 6.45) is 10.4. The third kappa shape index (κ3) is 9.95. The monoisotopic (exact) mass is 470 g/mol. The zero-order valence-corrected chi connectivity index (χ0v) is 24.2. The predicted molar refractivity (Wildman–Crippen MR) is 126 cm³/mol. The van der Waals surface area contributed by atoms with Gasteiger partial charge in [-0.3, -0.25) is 0 Å². The first-order valence-electron chi connectivity index (χ1n) is 11.7. The standard InChI is InChI=1S/C26H40O3S.K/c1-20(2)13-7-5-9-15-22-19-23-16-11-12-18-25(23)26(30(27,28)29)24(22)17-10-6-8-14-21(3)4;/h11-12,16,18-21H,5-10,13-15,17H2,1-4H3,(H,27,28,29);/q;+1/p-1. The average Bonchev–Trinajstić information content (AvgIpc) is 2.65. The minimum atomic E-state index is -4.54. The van der Waals surface area contributed by atoms with Crippen LogP contribution < -0.4 is 51.4 Å². The van der Waals surface area contributed by atoms with Crippen molar-refractivity contribution in [1.29, 1.82) is 0 Å². The van der Waals surface area contributed by atoms with Crippen LogP contribution in [0.3, 0.4) is 0 Å². The number of hydrogen-bond acceptors (Lipinski definition) is 3. The fourth-order valence-electron chi connectivity index (χ4n) is 4.27. The topological polar surface area (TPSA) is 57.2 Å². The molecule has 31 heavy (non-hydrogen) atoms. The molecule has 0 spiro atoms. The fraction of sp³-hybridized carbons (Fsp3) is 0.615. The van der Waals surface area contributed by atoms with Crippen molar-refractivity contribution in [2.45, 2.75) is 96.8 Å². The van der Waals surface area contributed by atoms with Gasteiger partial charge in [-0.2, -0.15) is 0 Å². The van der Waals surface area contributed by atoms with Crippen molar-refractivity contribution in [2.24, 2.45) is 11.8 Å². The summed E-state index contributed by atoms with van der Waals surface area (Å²) in [6, 6.07) is 9.53. The predicted octanol–water partition coefficient (Wildman–Crippen LogP) is 4.27. The van der Waals surface area contributed by atoms with Gasteiger partial charge in [0.05, 0.1) is 4.90 Å². The van der Waals surface area contributed by atoms with Gasteiger partial charge in [0.1, 0.15) is 10.1 Å². The summed E-state index contributed by atoms with van der Waals surface area (Å²) in [6.45, 7) is 8.93. The average molecular weight is 471 g/mol. The maximum atomic E-state index is 12.3. The molecule has 0 saturated heterocycles. The minimum absolute atomic E-state index is 0. The van der Waals surface area contributed by atoms with Crippen LogP contribution in [0, 0.1) is 11.8 Å². The third-order valence-corrected chi connectivity index (χ3v) is 6.85. The van der Waals surface area contributed by atoms with Gasteiger partial charge in [0.15, 0.2) is 0 Å². The molecule has 2 aromatic rings. The maximum Gasteiger partial charge on any atom is 1.00 e. The Morgan fingerprint density at radius 2 is 1.35 bits per heavy atom. The molecule has 0 saturated carbocycles. The molecule has 0 unspecified atom stereocenters. The summed E-state index contributed by atoms with van der Waals surface area (Å²) in [7, 11) is -4.54. The molecule has 2 rings (SSSR count). The Balaban J connectivity index is 0.00000480. The fourth-order valence-corrected chi connectivity index (χ4v) is 5.26. The smallest absolute Gasteiger partial charge is 0.744 e.